The molecule has 0 radical (unpaired) electrons. The summed E-state index contributed by atoms with van der Waals surface area (Å²) in [7, 11) is -3.20. The van der Waals surface area contributed by atoms with Crippen molar-refractivity contribution in [3.63, 3.8) is 0 Å². The normalized spacial score (nSPS) is 11.5. The van der Waals surface area contributed by atoms with Crippen LogP contribution in [0.25, 0.3) is 0 Å². The van der Waals surface area contributed by atoms with Gasteiger partial charge in [0.05, 0.1) is 10.6 Å². The Bertz CT molecular complexity index is 709. The zero-order valence-corrected chi connectivity index (χ0v) is 13.1. The first-order chi connectivity index (χ1) is 10.5. The highest BCUT2D eigenvalue weighted by Gasteiger charge is 2.13. The number of aryl methyl sites for hydroxylation is 1. The minimum atomic E-state index is -3.20. The van der Waals surface area contributed by atoms with Crippen molar-refractivity contribution < 1.29 is 18.6 Å². The Morgan fingerprint density at radius 3 is 2.27 bits per heavy atom. The fraction of sp³-hybridized carbons (Fsp3) is 0.294. The first-order valence-corrected chi connectivity index (χ1v) is 8.93. The Labute approximate surface area is 131 Å². The van der Waals surface area contributed by atoms with Gasteiger partial charge in [0.1, 0.15) is 11.5 Å². The number of hydrogen-bond donors (Lipinski definition) is 2. The minimum Gasteiger partial charge on any atom is -0.508 e. The number of aromatic hydroxyl groups is 2. The predicted octanol–water partition coefficient (Wildman–Crippen LogP) is 3.28. The number of hydrogen-bond acceptors (Lipinski definition) is 4. The Hall–Kier alpha value is -2.01. The van der Waals surface area contributed by atoms with Crippen LogP contribution in [0.5, 0.6) is 11.5 Å². The van der Waals surface area contributed by atoms with Gasteiger partial charge >= 0.3 is 0 Å². The molecule has 2 N–H and O–H groups in total. The number of benzene rings is 2. The maximum Gasteiger partial charge on any atom is 0.178 e. The van der Waals surface area contributed by atoms with Gasteiger partial charge in [-0.25, -0.2) is 8.42 Å². The van der Waals surface area contributed by atoms with Crippen molar-refractivity contribution in [2.24, 2.45) is 0 Å². The van der Waals surface area contributed by atoms with Crippen molar-refractivity contribution in [2.45, 2.75) is 30.6 Å². The summed E-state index contributed by atoms with van der Waals surface area (Å²) in [6.45, 7) is 0. The zero-order valence-electron chi connectivity index (χ0n) is 12.3. The molecule has 0 spiro atoms. The third-order valence-corrected chi connectivity index (χ3v) is 5.35. The molecule has 0 bridgehead atoms. The van der Waals surface area contributed by atoms with E-state index in [1.165, 1.54) is 12.1 Å². The average molecular weight is 320 g/mol. The maximum absolute atomic E-state index is 12.1. The van der Waals surface area contributed by atoms with E-state index in [1.54, 1.807) is 36.4 Å². The lowest BCUT2D eigenvalue weighted by molar-refractivity contribution is 0.445. The minimum absolute atomic E-state index is 0.0372. The third-order valence-electron chi connectivity index (χ3n) is 3.53. The molecule has 2 rings (SSSR count). The van der Waals surface area contributed by atoms with Crippen molar-refractivity contribution in [1.29, 1.82) is 0 Å². The van der Waals surface area contributed by atoms with E-state index in [9.17, 15) is 18.6 Å². The predicted molar refractivity (Wildman–Crippen MR) is 85.8 cm³/mol. The summed E-state index contributed by atoms with van der Waals surface area (Å²) in [5.41, 5.74) is 0.767. The number of unbranched alkanes of at least 4 members (excludes halogenated alkanes) is 2. The molecule has 0 fully saturated rings. The van der Waals surface area contributed by atoms with Crippen molar-refractivity contribution in [2.75, 3.05) is 5.75 Å². The van der Waals surface area contributed by atoms with Gasteiger partial charge in [0, 0.05) is 6.07 Å². The topological polar surface area (TPSA) is 74.6 Å². The van der Waals surface area contributed by atoms with Crippen LogP contribution >= 0.6 is 0 Å². The van der Waals surface area contributed by atoms with Crippen molar-refractivity contribution in [3.8, 4) is 11.5 Å². The summed E-state index contributed by atoms with van der Waals surface area (Å²) < 4.78 is 24.2. The van der Waals surface area contributed by atoms with Gasteiger partial charge in [0.2, 0.25) is 0 Å². The van der Waals surface area contributed by atoms with Crippen LogP contribution in [0.4, 0.5) is 0 Å². The van der Waals surface area contributed by atoms with E-state index in [0.29, 0.717) is 17.7 Å². The molecule has 0 aromatic heterocycles. The van der Waals surface area contributed by atoms with Gasteiger partial charge in [-0.3, -0.25) is 0 Å². The SMILES string of the molecule is O=S(=O)(CCCCCc1ccc(O)cc1O)c1ccccc1. The summed E-state index contributed by atoms with van der Waals surface area (Å²) >= 11 is 0. The zero-order chi connectivity index (χ0) is 16.0. The van der Waals surface area contributed by atoms with Crippen molar-refractivity contribution in [1.82, 2.24) is 0 Å². The summed E-state index contributed by atoms with van der Waals surface area (Å²) in [6, 6.07) is 13.0. The van der Waals surface area contributed by atoms with Gasteiger partial charge in [-0.2, -0.15) is 0 Å². The van der Waals surface area contributed by atoms with Crippen molar-refractivity contribution >= 4 is 9.84 Å². The number of phenols is 2. The highest BCUT2D eigenvalue weighted by Crippen LogP contribution is 2.24. The van der Waals surface area contributed by atoms with E-state index >= 15 is 0 Å². The molecule has 5 heteroatoms. The molecule has 22 heavy (non-hydrogen) atoms. The largest absolute Gasteiger partial charge is 0.508 e. The van der Waals surface area contributed by atoms with Crippen LogP contribution < -0.4 is 0 Å². The van der Waals surface area contributed by atoms with E-state index in [0.717, 1.165) is 18.4 Å². The molecule has 0 amide bonds. The molecule has 0 unspecified atom stereocenters. The molecule has 0 saturated carbocycles. The Kier molecular flexibility index (Phi) is 5.44. The fourth-order valence-electron chi connectivity index (χ4n) is 2.29. The molecule has 118 valence electrons. The summed E-state index contributed by atoms with van der Waals surface area (Å²) in [6.07, 6.45) is 2.82. The van der Waals surface area contributed by atoms with Crippen LogP contribution in [-0.4, -0.2) is 24.4 Å². The Morgan fingerprint density at radius 2 is 1.59 bits per heavy atom. The molecule has 0 aliphatic heterocycles. The van der Waals surface area contributed by atoms with Gasteiger partial charge in [-0.05, 0) is 43.0 Å². The number of rotatable bonds is 7. The Balaban J connectivity index is 1.78. The highest BCUT2D eigenvalue weighted by atomic mass is 32.2. The van der Waals surface area contributed by atoms with Crippen LogP contribution in [0.3, 0.4) is 0 Å². The number of sulfone groups is 1. The lowest BCUT2D eigenvalue weighted by Crippen LogP contribution is -2.06. The Morgan fingerprint density at radius 1 is 0.864 bits per heavy atom. The van der Waals surface area contributed by atoms with E-state index in [-0.39, 0.29) is 17.3 Å². The molecular formula is C17H20O4S. The third kappa shape index (κ3) is 4.49. The summed E-state index contributed by atoms with van der Waals surface area (Å²) in [4.78, 5) is 0.367. The molecule has 2 aromatic rings. The quantitative estimate of drug-likeness (QED) is 0.768. The maximum atomic E-state index is 12.1. The van der Waals surface area contributed by atoms with Crippen LogP contribution in [0, 0.1) is 0 Å². The first-order valence-electron chi connectivity index (χ1n) is 7.28. The van der Waals surface area contributed by atoms with E-state index in [4.69, 9.17) is 0 Å². The first kappa shape index (κ1) is 16.4. The smallest absolute Gasteiger partial charge is 0.178 e. The molecule has 0 aliphatic rings. The summed E-state index contributed by atoms with van der Waals surface area (Å²) in [5, 5.41) is 18.9. The fourth-order valence-corrected chi connectivity index (χ4v) is 3.69. The highest BCUT2D eigenvalue weighted by molar-refractivity contribution is 7.91. The lowest BCUT2D eigenvalue weighted by atomic mass is 10.1. The van der Waals surface area contributed by atoms with E-state index < -0.39 is 9.84 Å². The van der Waals surface area contributed by atoms with Gasteiger partial charge < -0.3 is 10.2 Å². The van der Waals surface area contributed by atoms with Crippen LogP contribution in [0.1, 0.15) is 24.8 Å². The monoisotopic (exact) mass is 320 g/mol. The summed E-state index contributed by atoms with van der Waals surface area (Å²) in [5.74, 6) is 0.255. The van der Waals surface area contributed by atoms with Gasteiger partial charge in [0.15, 0.2) is 9.84 Å². The van der Waals surface area contributed by atoms with Crippen LogP contribution in [-0.2, 0) is 16.3 Å². The second-order valence-electron chi connectivity index (χ2n) is 5.26. The van der Waals surface area contributed by atoms with Gasteiger partial charge in [-0.1, -0.05) is 30.7 Å². The second-order valence-corrected chi connectivity index (χ2v) is 7.36. The standard InChI is InChI=1S/C17H20O4S/c18-15-11-10-14(17(19)13-15)7-3-2-6-12-22(20,21)16-8-4-1-5-9-16/h1,4-5,8-11,13,18-19H,2-3,6-7,12H2. The molecular weight excluding hydrogens is 300 g/mol. The number of phenolic OH excluding ortho intramolecular Hbond substituents is 2. The average Bonchev–Trinajstić information content (AvgIpc) is 2.50. The second kappa shape index (κ2) is 7.31. The molecule has 0 atom stereocenters. The van der Waals surface area contributed by atoms with Crippen molar-refractivity contribution in [3.05, 3.63) is 54.1 Å². The molecule has 2 aromatic carbocycles. The van der Waals surface area contributed by atoms with Crippen LogP contribution in [0.2, 0.25) is 0 Å². The van der Waals surface area contributed by atoms with Gasteiger partial charge in [0.25, 0.3) is 0 Å². The molecule has 0 saturated heterocycles. The van der Waals surface area contributed by atoms with E-state index in [1.807, 2.05) is 0 Å². The van der Waals surface area contributed by atoms with Gasteiger partial charge in [-0.15, -0.1) is 0 Å². The molecule has 0 heterocycles. The van der Waals surface area contributed by atoms with E-state index in [2.05, 4.69) is 0 Å². The molecule has 4 nitrogen and oxygen atoms in total. The molecule has 0 aliphatic carbocycles. The lowest BCUT2D eigenvalue weighted by Gasteiger charge is -2.06. The van der Waals surface area contributed by atoms with Crippen LogP contribution in [0.15, 0.2) is 53.4 Å².